The monoisotopic (exact) mass is 460 g/mol. The Balaban J connectivity index is 1.82. The lowest BCUT2D eigenvalue weighted by Gasteiger charge is -2.10. The van der Waals surface area contributed by atoms with Crippen LogP contribution in [0.1, 0.15) is 19.4 Å². The summed E-state index contributed by atoms with van der Waals surface area (Å²) in [6, 6.07) is 12.6. The molecule has 0 unspecified atom stereocenters. The van der Waals surface area contributed by atoms with Crippen molar-refractivity contribution >= 4 is 56.5 Å². The van der Waals surface area contributed by atoms with Crippen LogP contribution in [-0.2, 0) is 9.59 Å². The van der Waals surface area contributed by atoms with E-state index in [0.717, 1.165) is 15.7 Å². The summed E-state index contributed by atoms with van der Waals surface area (Å²) in [4.78, 5) is 28.4. The van der Waals surface area contributed by atoms with Crippen molar-refractivity contribution in [2.75, 3.05) is 6.61 Å². The minimum absolute atomic E-state index is 0.220. The number of hydrogen-bond donors (Lipinski definition) is 1. The number of amides is 1. The summed E-state index contributed by atoms with van der Waals surface area (Å²) in [5, 5.41) is 3.27. The zero-order valence-electron chi connectivity index (χ0n) is 15.2. The van der Waals surface area contributed by atoms with Gasteiger partial charge in [-0.3, -0.25) is 9.59 Å². The number of nitrogens with one attached hydrogen (secondary N) is 1. The summed E-state index contributed by atoms with van der Waals surface area (Å²) in [6.45, 7) is 3.60. The number of ether oxygens (including phenoxy) is 2. The SMILES string of the molecule is CCOc1cc(/C=C2\SC(=Nc3ccc(Br)cc3)NC2=O)ccc1OC(C)=O. The summed E-state index contributed by atoms with van der Waals surface area (Å²) >= 11 is 4.64. The Bertz CT molecular complexity index is 971. The van der Waals surface area contributed by atoms with E-state index in [2.05, 4.69) is 26.2 Å². The summed E-state index contributed by atoms with van der Waals surface area (Å²) < 4.78 is 11.6. The number of esters is 1. The summed E-state index contributed by atoms with van der Waals surface area (Å²) in [6.07, 6.45) is 1.74. The van der Waals surface area contributed by atoms with Crippen molar-refractivity contribution in [1.82, 2.24) is 5.32 Å². The van der Waals surface area contributed by atoms with Crippen LogP contribution in [0.25, 0.3) is 6.08 Å². The number of rotatable bonds is 5. The molecule has 1 N–H and O–H groups in total. The molecule has 2 aromatic rings. The summed E-state index contributed by atoms with van der Waals surface area (Å²) in [5.41, 5.74) is 1.50. The number of hydrogen-bond acceptors (Lipinski definition) is 6. The highest BCUT2D eigenvalue weighted by Crippen LogP contribution is 2.32. The van der Waals surface area contributed by atoms with Gasteiger partial charge in [0.1, 0.15) is 0 Å². The molecule has 6 nitrogen and oxygen atoms in total. The molecule has 0 bridgehead atoms. The first kappa shape index (κ1) is 20.2. The smallest absolute Gasteiger partial charge is 0.308 e. The zero-order chi connectivity index (χ0) is 20.1. The second kappa shape index (κ2) is 9.07. The van der Waals surface area contributed by atoms with Crippen LogP contribution in [-0.4, -0.2) is 23.7 Å². The van der Waals surface area contributed by atoms with Gasteiger partial charge in [0.05, 0.1) is 17.2 Å². The van der Waals surface area contributed by atoms with E-state index in [1.165, 1.54) is 18.7 Å². The molecule has 1 amide bonds. The van der Waals surface area contributed by atoms with Gasteiger partial charge in [-0.05, 0) is 66.7 Å². The molecule has 1 aliphatic heterocycles. The van der Waals surface area contributed by atoms with Gasteiger partial charge in [0.25, 0.3) is 5.91 Å². The minimum Gasteiger partial charge on any atom is -0.490 e. The third-order valence-electron chi connectivity index (χ3n) is 3.53. The van der Waals surface area contributed by atoms with Crippen LogP contribution < -0.4 is 14.8 Å². The average molecular weight is 461 g/mol. The molecule has 1 heterocycles. The molecule has 1 fully saturated rings. The number of amidine groups is 1. The Morgan fingerprint density at radius 1 is 1.21 bits per heavy atom. The first-order valence-electron chi connectivity index (χ1n) is 8.45. The number of halogens is 1. The van der Waals surface area contributed by atoms with Crippen molar-refractivity contribution in [2.24, 2.45) is 4.99 Å². The number of nitrogens with zero attached hydrogens (tertiary/aromatic N) is 1. The van der Waals surface area contributed by atoms with E-state index in [4.69, 9.17) is 9.47 Å². The average Bonchev–Trinajstić information content (AvgIpc) is 2.98. The zero-order valence-corrected chi connectivity index (χ0v) is 17.6. The first-order valence-corrected chi connectivity index (χ1v) is 10.1. The van der Waals surface area contributed by atoms with E-state index in [1.807, 2.05) is 31.2 Å². The molecule has 144 valence electrons. The predicted molar refractivity (Wildman–Crippen MR) is 114 cm³/mol. The Hall–Kier alpha value is -2.58. The molecule has 0 atom stereocenters. The third kappa shape index (κ3) is 5.24. The highest BCUT2D eigenvalue weighted by Gasteiger charge is 2.24. The Morgan fingerprint density at radius 3 is 2.64 bits per heavy atom. The largest absolute Gasteiger partial charge is 0.490 e. The highest BCUT2D eigenvalue weighted by molar-refractivity contribution is 9.10. The van der Waals surface area contributed by atoms with Crippen molar-refractivity contribution in [3.63, 3.8) is 0 Å². The van der Waals surface area contributed by atoms with Gasteiger partial charge in [-0.1, -0.05) is 22.0 Å². The predicted octanol–water partition coefficient (Wildman–Crippen LogP) is 4.66. The van der Waals surface area contributed by atoms with Crippen LogP contribution in [0.5, 0.6) is 11.5 Å². The van der Waals surface area contributed by atoms with Crippen LogP contribution in [0.4, 0.5) is 5.69 Å². The van der Waals surface area contributed by atoms with Crippen molar-refractivity contribution in [3.8, 4) is 11.5 Å². The molecule has 0 aliphatic carbocycles. The topological polar surface area (TPSA) is 77.0 Å². The molecule has 1 saturated heterocycles. The first-order chi connectivity index (χ1) is 13.4. The Morgan fingerprint density at radius 2 is 1.96 bits per heavy atom. The van der Waals surface area contributed by atoms with Crippen molar-refractivity contribution in [2.45, 2.75) is 13.8 Å². The fraction of sp³-hybridized carbons (Fsp3) is 0.150. The second-order valence-corrected chi connectivity index (χ2v) is 7.64. The van der Waals surface area contributed by atoms with Gasteiger partial charge in [0.2, 0.25) is 0 Å². The molecule has 0 saturated carbocycles. The molecule has 8 heteroatoms. The molecular weight excluding hydrogens is 444 g/mol. The molecule has 28 heavy (non-hydrogen) atoms. The van der Waals surface area contributed by atoms with Gasteiger partial charge < -0.3 is 14.8 Å². The number of carbonyl (C=O) groups is 2. The van der Waals surface area contributed by atoms with Gasteiger partial charge in [-0.25, -0.2) is 4.99 Å². The fourth-order valence-electron chi connectivity index (χ4n) is 2.39. The van der Waals surface area contributed by atoms with Gasteiger partial charge in [-0.15, -0.1) is 0 Å². The number of thioether (sulfide) groups is 1. The van der Waals surface area contributed by atoms with E-state index in [1.54, 1.807) is 24.3 Å². The Labute approximate surface area is 175 Å². The van der Waals surface area contributed by atoms with Crippen LogP contribution in [0.3, 0.4) is 0 Å². The maximum absolute atomic E-state index is 12.3. The summed E-state index contributed by atoms with van der Waals surface area (Å²) in [5.74, 6) is 0.145. The Kier molecular flexibility index (Phi) is 6.53. The molecule has 3 rings (SSSR count). The minimum atomic E-state index is -0.424. The third-order valence-corrected chi connectivity index (χ3v) is 4.97. The lowest BCUT2D eigenvalue weighted by atomic mass is 10.2. The molecule has 0 spiro atoms. The lowest BCUT2D eigenvalue weighted by Crippen LogP contribution is -2.19. The van der Waals surface area contributed by atoms with Crippen molar-refractivity contribution < 1.29 is 19.1 Å². The number of aliphatic imine (C=N–C) groups is 1. The molecule has 0 aromatic heterocycles. The maximum Gasteiger partial charge on any atom is 0.308 e. The molecular formula is C20H17BrN2O4S. The number of carbonyl (C=O) groups excluding carboxylic acids is 2. The van der Waals surface area contributed by atoms with Gasteiger partial charge >= 0.3 is 5.97 Å². The quantitative estimate of drug-likeness (QED) is 0.398. The highest BCUT2D eigenvalue weighted by atomic mass is 79.9. The van der Waals surface area contributed by atoms with E-state index < -0.39 is 5.97 Å². The van der Waals surface area contributed by atoms with E-state index in [-0.39, 0.29) is 5.91 Å². The molecule has 2 aromatic carbocycles. The fourth-order valence-corrected chi connectivity index (χ4v) is 3.49. The van der Waals surface area contributed by atoms with Gasteiger partial charge in [0, 0.05) is 11.4 Å². The van der Waals surface area contributed by atoms with E-state index in [9.17, 15) is 9.59 Å². The van der Waals surface area contributed by atoms with Crippen LogP contribution in [0.2, 0.25) is 0 Å². The van der Waals surface area contributed by atoms with Gasteiger partial charge in [-0.2, -0.15) is 0 Å². The second-order valence-electron chi connectivity index (χ2n) is 5.69. The van der Waals surface area contributed by atoms with E-state index in [0.29, 0.717) is 28.2 Å². The van der Waals surface area contributed by atoms with Crippen LogP contribution in [0.15, 0.2) is 56.8 Å². The number of benzene rings is 2. The summed E-state index contributed by atoms with van der Waals surface area (Å²) in [7, 11) is 0. The van der Waals surface area contributed by atoms with Gasteiger partial charge in [0.15, 0.2) is 16.7 Å². The normalized spacial score (nSPS) is 16.3. The molecule has 0 radical (unpaired) electrons. The lowest BCUT2D eigenvalue weighted by molar-refractivity contribution is -0.132. The molecule has 1 aliphatic rings. The van der Waals surface area contributed by atoms with Crippen LogP contribution in [0, 0.1) is 0 Å². The van der Waals surface area contributed by atoms with E-state index >= 15 is 0 Å². The maximum atomic E-state index is 12.3. The van der Waals surface area contributed by atoms with Crippen molar-refractivity contribution in [1.29, 1.82) is 0 Å². The van der Waals surface area contributed by atoms with Crippen molar-refractivity contribution in [3.05, 3.63) is 57.4 Å². The van der Waals surface area contributed by atoms with Crippen LogP contribution >= 0.6 is 27.7 Å². The standard InChI is InChI=1S/C20H17BrN2O4S/c1-3-26-17-10-13(4-9-16(17)27-12(2)24)11-18-19(25)23-20(28-18)22-15-7-5-14(21)6-8-15/h4-11H,3H2,1-2H3,(H,22,23,25)/b18-11-.